The minimum Gasteiger partial charge on any atom is -0.480 e. The van der Waals surface area contributed by atoms with Crippen molar-refractivity contribution in [3.8, 4) is 11.1 Å². The molecule has 0 radical (unpaired) electrons. The second-order valence-electron chi connectivity index (χ2n) is 13.8. The van der Waals surface area contributed by atoms with Crippen molar-refractivity contribution in [3.63, 3.8) is 0 Å². The molecule has 0 saturated carbocycles. The van der Waals surface area contributed by atoms with Gasteiger partial charge in [0.25, 0.3) is 0 Å². The molecular formula is C39H41NO6S. The van der Waals surface area contributed by atoms with Crippen molar-refractivity contribution >= 4 is 51.5 Å². The van der Waals surface area contributed by atoms with Gasteiger partial charge in [-0.1, -0.05) is 99.6 Å². The zero-order chi connectivity index (χ0) is 33.9. The molecule has 1 amide bonds. The number of Topliss-reactive ketones (excluding diaryl/α,β-unsaturated/α-hetero) is 1. The Hall–Kier alpha value is -4.56. The van der Waals surface area contributed by atoms with E-state index in [0.717, 1.165) is 44.2 Å². The minimum absolute atomic E-state index is 0.00751. The number of carboxylic acid groups (broad SMARTS) is 1. The Labute approximate surface area is 279 Å². The Kier molecular flexibility index (Phi) is 9.82. The van der Waals surface area contributed by atoms with Crippen molar-refractivity contribution in [2.75, 3.05) is 5.75 Å². The van der Waals surface area contributed by atoms with Gasteiger partial charge in [0.15, 0.2) is 5.78 Å². The Balaban J connectivity index is 1.29. The molecule has 0 aliphatic rings. The number of benzene rings is 4. The van der Waals surface area contributed by atoms with Gasteiger partial charge in [-0.25, -0.2) is 9.59 Å². The van der Waals surface area contributed by atoms with Gasteiger partial charge in [0.05, 0.1) is 0 Å². The summed E-state index contributed by atoms with van der Waals surface area (Å²) in [5.41, 5.74) is 6.55. The number of carbonyl (C=O) groups excluding carboxylic acids is 2. The van der Waals surface area contributed by atoms with Crippen molar-refractivity contribution in [2.24, 2.45) is 0 Å². The fourth-order valence-corrected chi connectivity index (χ4v) is 6.54. The van der Waals surface area contributed by atoms with Crippen LogP contribution in [0.2, 0.25) is 0 Å². The smallest absolute Gasteiger partial charge is 0.408 e. The third kappa shape index (κ3) is 8.24. The molecule has 0 saturated heterocycles. The second-order valence-corrected chi connectivity index (χ2v) is 14.8. The maximum atomic E-state index is 13.4. The number of alkyl carbamates (subject to hydrolysis) is 1. The highest BCUT2D eigenvalue weighted by atomic mass is 32.2. The molecule has 244 valence electrons. The van der Waals surface area contributed by atoms with Crippen LogP contribution >= 0.6 is 11.8 Å². The Morgan fingerprint density at radius 1 is 0.830 bits per heavy atom. The van der Waals surface area contributed by atoms with Crippen LogP contribution in [0.3, 0.4) is 0 Å². The fraction of sp³-hybridized carbons (Fsp3) is 0.308. The zero-order valence-corrected chi connectivity index (χ0v) is 28.5. The predicted octanol–water partition coefficient (Wildman–Crippen LogP) is 9.19. The quantitative estimate of drug-likeness (QED) is 0.145. The van der Waals surface area contributed by atoms with Gasteiger partial charge in [0.1, 0.15) is 22.8 Å². The number of thioether (sulfide) groups is 1. The van der Waals surface area contributed by atoms with Gasteiger partial charge >= 0.3 is 12.1 Å². The number of para-hydroxylation sites is 2. The van der Waals surface area contributed by atoms with E-state index in [2.05, 4.69) is 62.5 Å². The largest absolute Gasteiger partial charge is 0.480 e. The molecule has 1 atom stereocenters. The maximum Gasteiger partial charge on any atom is 0.408 e. The lowest BCUT2D eigenvalue weighted by Crippen LogP contribution is -2.44. The molecular weight excluding hydrogens is 610 g/mol. The molecule has 7 nitrogen and oxygen atoms in total. The molecule has 0 spiro atoms. The first-order valence-electron chi connectivity index (χ1n) is 15.7. The van der Waals surface area contributed by atoms with E-state index < -0.39 is 23.7 Å². The SMILES string of the molecule is CC(C)(C)OC(=O)NC(CSCc1ccc(C(=O)Cc2ccc(C(C)(C)C)c(-c3cccc4c3oc3ccccc34)c2)cc1)C(=O)O. The monoisotopic (exact) mass is 651 g/mol. The predicted molar refractivity (Wildman–Crippen MR) is 189 cm³/mol. The number of nitrogens with one attached hydrogen (secondary N) is 1. The lowest BCUT2D eigenvalue weighted by molar-refractivity contribution is -0.138. The first-order valence-corrected chi connectivity index (χ1v) is 16.8. The number of hydrogen-bond donors (Lipinski definition) is 2. The third-order valence-electron chi connectivity index (χ3n) is 7.77. The molecule has 5 aromatic rings. The maximum absolute atomic E-state index is 13.4. The number of ether oxygens (including phenoxy) is 1. The van der Waals surface area contributed by atoms with Gasteiger partial charge in [-0.2, -0.15) is 11.8 Å². The molecule has 1 unspecified atom stereocenters. The highest BCUT2D eigenvalue weighted by Crippen LogP contribution is 2.40. The summed E-state index contributed by atoms with van der Waals surface area (Å²) in [5, 5.41) is 14.1. The van der Waals surface area contributed by atoms with Crippen molar-refractivity contribution in [2.45, 2.75) is 70.8 Å². The second kappa shape index (κ2) is 13.7. The summed E-state index contributed by atoms with van der Waals surface area (Å²) in [6, 6.07) is 26.9. The molecule has 2 N–H and O–H groups in total. The lowest BCUT2D eigenvalue weighted by Gasteiger charge is -2.24. The van der Waals surface area contributed by atoms with E-state index in [1.54, 1.807) is 20.8 Å². The fourth-order valence-electron chi connectivity index (χ4n) is 5.53. The van der Waals surface area contributed by atoms with Crippen LogP contribution in [0.5, 0.6) is 0 Å². The van der Waals surface area contributed by atoms with Gasteiger partial charge < -0.3 is 19.6 Å². The molecule has 47 heavy (non-hydrogen) atoms. The highest BCUT2D eigenvalue weighted by molar-refractivity contribution is 7.98. The summed E-state index contributed by atoms with van der Waals surface area (Å²) < 4.78 is 11.6. The third-order valence-corrected chi connectivity index (χ3v) is 8.88. The van der Waals surface area contributed by atoms with E-state index >= 15 is 0 Å². The van der Waals surface area contributed by atoms with Gasteiger partial charge in [0.2, 0.25) is 0 Å². The van der Waals surface area contributed by atoms with E-state index in [1.165, 1.54) is 17.3 Å². The van der Waals surface area contributed by atoms with Crippen LogP contribution in [0.4, 0.5) is 4.79 Å². The molecule has 8 heteroatoms. The van der Waals surface area contributed by atoms with Crippen molar-refractivity contribution < 1.29 is 28.6 Å². The van der Waals surface area contributed by atoms with Gasteiger partial charge in [-0.05, 0) is 54.5 Å². The summed E-state index contributed by atoms with van der Waals surface area (Å²) in [6.07, 6.45) is -0.516. The lowest BCUT2D eigenvalue weighted by atomic mass is 9.80. The summed E-state index contributed by atoms with van der Waals surface area (Å²) in [4.78, 5) is 37.1. The van der Waals surface area contributed by atoms with Crippen molar-refractivity contribution in [1.29, 1.82) is 0 Å². The Bertz CT molecular complexity index is 1930. The highest BCUT2D eigenvalue weighted by Gasteiger charge is 2.25. The number of rotatable bonds is 10. The summed E-state index contributed by atoms with van der Waals surface area (Å²) in [7, 11) is 0. The number of carbonyl (C=O) groups is 3. The molecule has 0 fully saturated rings. The van der Waals surface area contributed by atoms with Crippen LogP contribution in [0.15, 0.2) is 89.3 Å². The average molecular weight is 652 g/mol. The number of furan rings is 1. The molecule has 0 aliphatic heterocycles. The van der Waals surface area contributed by atoms with Crippen LogP contribution in [0.25, 0.3) is 33.1 Å². The summed E-state index contributed by atoms with van der Waals surface area (Å²) in [6.45, 7) is 11.7. The number of hydrogen-bond acceptors (Lipinski definition) is 6. The number of amides is 1. The number of carboxylic acids is 1. The van der Waals surface area contributed by atoms with E-state index in [0.29, 0.717) is 11.3 Å². The van der Waals surface area contributed by atoms with E-state index in [-0.39, 0.29) is 23.4 Å². The average Bonchev–Trinajstić information content (AvgIpc) is 3.38. The van der Waals surface area contributed by atoms with Crippen LogP contribution in [-0.2, 0) is 27.1 Å². The van der Waals surface area contributed by atoms with Gasteiger partial charge in [0, 0.05) is 39.8 Å². The first-order chi connectivity index (χ1) is 22.2. The van der Waals surface area contributed by atoms with Crippen LogP contribution in [0, 0.1) is 0 Å². The molecule has 0 bridgehead atoms. The Morgan fingerprint density at radius 2 is 1.51 bits per heavy atom. The molecule has 1 heterocycles. The van der Waals surface area contributed by atoms with Crippen molar-refractivity contribution in [3.05, 3.63) is 107 Å². The molecule has 4 aromatic carbocycles. The number of ketones is 1. The number of fused-ring (bicyclic) bond motifs is 3. The Morgan fingerprint density at radius 3 is 2.19 bits per heavy atom. The number of aliphatic carboxylic acids is 1. The summed E-state index contributed by atoms with van der Waals surface area (Å²) >= 11 is 1.38. The van der Waals surface area contributed by atoms with Gasteiger partial charge in [-0.3, -0.25) is 4.79 Å². The van der Waals surface area contributed by atoms with E-state index in [1.807, 2.05) is 48.5 Å². The molecule has 0 aliphatic carbocycles. The molecule has 5 rings (SSSR count). The first kappa shape index (κ1) is 33.8. The van der Waals surface area contributed by atoms with Crippen molar-refractivity contribution in [1.82, 2.24) is 5.32 Å². The van der Waals surface area contributed by atoms with E-state index in [4.69, 9.17) is 9.15 Å². The normalized spacial score (nSPS) is 12.6. The van der Waals surface area contributed by atoms with Crippen LogP contribution < -0.4 is 5.32 Å². The minimum atomic E-state index is -1.13. The zero-order valence-electron chi connectivity index (χ0n) is 27.7. The van der Waals surface area contributed by atoms with Crippen LogP contribution in [0.1, 0.15) is 68.6 Å². The van der Waals surface area contributed by atoms with E-state index in [9.17, 15) is 19.5 Å². The molecule has 1 aromatic heterocycles. The summed E-state index contributed by atoms with van der Waals surface area (Å²) in [5.74, 6) is -0.422. The topological polar surface area (TPSA) is 106 Å². The van der Waals surface area contributed by atoms with Gasteiger partial charge in [-0.15, -0.1) is 0 Å². The van der Waals surface area contributed by atoms with Crippen LogP contribution in [-0.4, -0.2) is 40.3 Å². The standard InChI is InChI=1S/C39H41NO6S/c1-38(2,3)31-19-16-25(20-30(31)29-12-9-11-28-27-10-7-8-13-34(27)45-35(28)29)21-33(41)26-17-14-24(15-18-26)22-47-23-32(36(42)43)40-37(44)46-39(4,5)6/h7-20,32H,21-23H2,1-6H3,(H,40,44)(H,42,43).